The van der Waals surface area contributed by atoms with E-state index in [9.17, 15) is 19.8 Å². The van der Waals surface area contributed by atoms with E-state index in [1.165, 1.54) is 26.7 Å². The third-order valence-electron chi connectivity index (χ3n) is 17.8. The number of carbonyl (C=O) groups is 3. The van der Waals surface area contributed by atoms with Crippen molar-refractivity contribution in [2.75, 3.05) is 78.4 Å². The SMILES string of the molecule is CC[C@]1(O)C[C@@H]2C[C@](C(=O)OC)(c3cc4c(cc3OC)N(C)[C@H]3[C@@](O)(C(=O)OC)[C@H](OC(C)=O)[C@]5(CC)C=CCN6CC[C@]43[C@@H]65)c3[nH]c4ccccc4c3CC[N+](Cc3ccc(NC)cc3)(C2)C1. The van der Waals surface area contributed by atoms with Gasteiger partial charge in [0.2, 0.25) is 5.60 Å². The van der Waals surface area contributed by atoms with Gasteiger partial charge in [-0.25, -0.2) is 4.79 Å². The van der Waals surface area contributed by atoms with Crippen LogP contribution < -0.4 is 15.0 Å². The van der Waals surface area contributed by atoms with E-state index >= 15 is 4.79 Å². The van der Waals surface area contributed by atoms with E-state index < -0.39 is 57.5 Å². The maximum atomic E-state index is 15.8. The van der Waals surface area contributed by atoms with Gasteiger partial charge in [-0.15, -0.1) is 0 Å². The number of piperidine rings is 1. The number of hydrogen-bond donors (Lipinski definition) is 4. The number of nitrogens with one attached hydrogen (secondary N) is 2. The first-order valence-corrected chi connectivity index (χ1v) is 24.5. The van der Waals surface area contributed by atoms with Crippen molar-refractivity contribution < 1.29 is 48.0 Å². The highest BCUT2D eigenvalue weighted by atomic mass is 16.6. The van der Waals surface area contributed by atoms with E-state index in [0.29, 0.717) is 80.5 Å². The number of fused-ring (bicyclic) bond motifs is 6. The number of quaternary nitrogens is 1. The minimum absolute atomic E-state index is 0.157. The molecule has 0 amide bonds. The Bertz CT molecular complexity index is 2700. The summed E-state index contributed by atoms with van der Waals surface area (Å²) in [7, 11) is 8.12. The van der Waals surface area contributed by atoms with Crippen LogP contribution in [0.1, 0.15) is 80.8 Å². The van der Waals surface area contributed by atoms with Crippen molar-refractivity contribution in [3.8, 4) is 5.75 Å². The van der Waals surface area contributed by atoms with Gasteiger partial charge in [0, 0.05) is 102 Å². The number of esters is 3. The predicted octanol–water partition coefficient (Wildman–Crippen LogP) is 5.75. The molecule has 5 aliphatic heterocycles. The van der Waals surface area contributed by atoms with Crippen LogP contribution in [0.15, 0.2) is 72.8 Å². The fourth-order valence-electron chi connectivity index (χ4n) is 15.3. The third-order valence-corrected chi connectivity index (χ3v) is 17.8. The molecule has 10 atom stereocenters. The van der Waals surface area contributed by atoms with Crippen molar-refractivity contribution in [2.24, 2.45) is 11.3 Å². The Morgan fingerprint density at radius 3 is 2.37 bits per heavy atom. The van der Waals surface area contributed by atoms with Gasteiger partial charge < -0.3 is 48.8 Å². The number of ether oxygens (including phenoxy) is 4. The number of aromatic nitrogens is 1. The topological polar surface area (TPSA) is 163 Å². The highest BCUT2D eigenvalue weighted by Crippen LogP contribution is 2.68. The number of aromatic amines is 1. The van der Waals surface area contributed by atoms with Gasteiger partial charge in [-0.3, -0.25) is 14.5 Å². The van der Waals surface area contributed by atoms with Gasteiger partial charge in [-0.2, -0.15) is 0 Å². The summed E-state index contributed by atoms with van der Waals surface area (Å²) in [5.74, 6) is -1.64. The van der Waals surface area contributed by atoms with Crippen molar-refractivity contribution in [1.29, 1.82) is 0 Å². The Morgan fingerprint density at radius 1 is 0.941 bits per heavy atom. The monoisotopic (exact) mass is 931 g/mol. The molecule has 10 rings (SSSR count). The summed E-state index contributed by atoms with van der Waals surface area (Å²) in [6, 6.07) is 19.6. The number of H-pyrrole nitrogens is 1. The van der Waals surface area contributed by atoms with Crippen LogP contribution in [-0.4, -0.2) is 140 Å². The Kier molecular flexibility index (Phi) is 11.1. The van der Waals surface area contributed by atoms with Gasteiger partial charge in [0.1, 0.15) is 29.9 Å². The molecule has 2 saturated heterocycles. The first-order valence-electron chi connectivity index (χ1n) is 24.5. The zero-order valence-electron chi connectivity index (χ0n) is 40.8. The summed E-state index contributed by atoms with van der Waals surface area (Å²) >= 11 is 0. The van der Waals surface area contributed by atoms with Crippen LogP contribution >= 0.6 is 0 Å². The molecule has 1 spiro atoms. The zero-order valence-corrected chi connectivity index (χ0v) is 40.8. The lowest BCUT2D eigenvalue weighted by atomic mass is 9.47. The minimum Gasteiger partial charge on any atom is -0.496 e. The molecule has 6 aliphatic rings. The molecule has 362 valence electrons. The van der Waals surface area contributed by atoms with Crippen molar-refractivity contribution in [3.63, 3.8) is 0 Å². The summed E-state index contributed by atoms with van der Waals surface area (Å²) in [5.41, 5.74) is 0.355. The lowest BCUT2D eigenvalue weighted by Crippen LogP contribution is -2.81. The van der Waals surface area contributed by atoms with Gasteiger partial charge in [-0.1, -0.05) is 56.3 Å². The number of hydrogen-bond acceptors (Lipinski definition) is 12. The minimum atomic E-state index is -2.32. The quantitative estimate of drug-likeness (QED) is 0.0661. The van der Waals surface area contributed by atoms with Crippen LogP contribution in [0.2, 0.25) is 0 Å². The van der Waals surface area contributed by atoms with Crippen LogP contribution in [0.25, 0.3) is 10.9 Å². The van der Waals surface area contributed by atoms with Gasteiger partial charge in [0.25, 0.3) is 0 Å². The van der Waals surface area contributed by atoms with E-state index in [1.807, 2.05) is 44.1 Å². The Labute approximate surface area is 399 Å². The molecular weight excluding hydrogens is 863 g/mol. The Balaban J connectivity index is 1.25. The van der Waals surface area contributed by atoms with Crippen LogP contribution in [0.5, 0.6) is 5.75 Å². The summed E-state index contributed by atoms with van der Waals surface area (Å²) in [5, 5.41) is 30.5. The second-order valence-corrected chi connectivity index (χ2v) is 21.0. The van der Waals surface area contributed by atoms with Crippen molar-refractivity contribution in [2.45, 2.75) is 106 Å². The lowest BCUT2D eigenvalue weighted by molar-refractivity contribution is -0.954. The van der Waals surface area contributed by atoms with Gasteiger partial charge in [0.15, 0.2) is 6.10 Å². The molecule has 3 fully saturated rings. The number of anilines is 2. The molecule has 68 heavy (non-hydrogen) atoms. The third kappa shape index (κ3) is 6.31. The maximum absolute atomic E-state index is 15.8. The van der Waals surface area contributed by atoms with Crippen molar-refractivity contribution in [1.82, 2.24) is 9.88 Å². The van der Waals surface area contributed by atoms with Gasteiger partial charge in [0.05, 0.1) is 40.5 Å². The zero-order chi connectivity index (χ0) is 48.2. The number of aliphatic hydroxyl groups is 2. The average Bonchev–Trinajstić information content (AvgIpc) is 4.00. The van der Waals surface area contributed by atoms with Crippen LogP contribution in [0.3, 0.4) is 0 Å². The normalized spacial score (nSPS) is 34.6. The highest BCUT2D eigenvalue weighted by molar-refractivity contribution is 5.95. The molecule has 4 aromatic rings. The Hall–Kier alpha value is -5.41. The molecule has 6 heterocycles. The number of carbonyl (C=O) groups excluding carboxylic acids is 3. The second kappa shape index (κ2) is 16.4. The fraction of sp³-hybridized carbons (Fsp3) is 0.537. The summed E-state index contributed by atoms with van der Waals surface area (Å²) < 4.78 is 25.0. The number of benzene rings is 3. The standard InChI is InChI=1S/C54H68N5O9/c1-9-50(63)28-35-29-53(48(61)66-7,44-38(37-14-11-12-15-41(37)56-44)20-25-59(31-35,32-50)30-34-16-18-36(55-4)19-17-34)40-26-39-42(27-43(40)65-6)57(5)46-52(39)22-24-58-23-13-21-51(10-2,45(52)58)47(68-33(3)60)54(46,64)49(62)67-8/h11-19,21,26-27,35,45-47,55-56,63-64H,9-10,20,22-25,28-32H2,1-8H3/q+1/t35-,45+,46-,47-,50+,51-,52-,53+,54+,59?/m1/s1. The maximum Gasteiger partial charge on any atom is 0.344 e. The van der Waals surface area contributed by atoms with E-state index in [4.69, 9.17) is 18.9 Å². The van der Waals surface area contributed by atoms with E-state index in [1.54, 1.807) is 7.11 Å². The summed E-state index contributed by atoms with van der Waals surface area (Å²) in [6.45, 7) is 9.43. The molecule has 1 saturated carbocycles. The summed E-state index contributed by atoms with van der Waals surface area (Å²) in [4.78, 5) is 51.7. The molecule has 14 heteroatoms. The van der Waals surface area contributed by atoms with Crippen molar-refractivity contribution in [3.05, 3.63) is 101 Å². The first-order chi connectivity index (χ1) is 32.6. The molecular formula is C54H68N5O9+. The second-order valence-electron chi connectivity index (χ2n) is 21.0. The summed E-state index contributed by atoms with van der Waals surface area (Å²) in [6.07, 6.45) is 5.82. The molecule has 1 aliphatic carbocycles. The number of rotatable bonds is 10. The number of likely N-dealkylation sites (N-methyl/N-ethyl adjacent to an activating group) is 1. The van der Waals surface area contributed by atoms with E-state index in [0.717, 1.165) is 52.2 Å². The predicted molar refractivity (Wildman–Crippen MR) is 259 cm³/mol. The largest absolute Gasteiger partial charge is 0.496 e. The molecule has 3 aromatic carbocycles. The average molecular weight is 931 g/mol. The molecule has 1 unspecified atom stereocenters. The van der Waals surface area contributed by atoms with E-state index in [2.05, 4.69) is 76.7 Å². The first kappa shape index (κ1) is 46.3. The number of methoxy groups -OCH3 is 3. The fourth-order valence-corrected chi connectivity index (χ4v) is 15.3. The van der Waals surface area contributed by atoms with Crippen LogP contribution in [0, 0.1) is 11.3 Å². The van der Waals surface area contributed by atoms with Gasteiger partial charge >= 0.3 is 17.9 Å². The van der Waals surface area contributed by atoms with Crippen LogP contribution in [0.4, 0.5) is 11.4 Å². The number of nitrogens with zero attached hydrogens (tertiary/aromatic N) is 3. The molecule has 4 N–H and O–H groups in total. The molecule has 0 radical (unpaired) electrons. The van der Waals surface area contributed by atoms with Gasteiger partial charge in [-0.05, 0) is 74.0 Å². The lowest BCUT2D eigenvalue weighted by Gasteiger charge is -2.63. The van der Waals surface area contributed by atoms with Crippen LogP contribution in [-0.2, 0) is 52.4 Å². The molecule has 1 aromatic heterocycles. The van der Waals surface area contributed by atoms with E-state index in [-0.39, 0.29) is 12.0 Å². The molecule has 14 nitrogen and oxygen atoms in total. The Morgan fingerprint density at radius 2 is 1.69 bits per heavy atom. The highest BCUT2D eigenvalue weighted by Gasteiger charge is 2.80. The number of para-hydroxylation sites is 1. The molecule has 2 bridgehead atoms. The van der Waals surface area contributed by atoms with Crippen molar-refractivity contribution >= 4 is 40.2 Å². The smallest absolute Gasteiger partial charge is 0.344 e.